The smallest absolute Gasteiger partial charge is 0.306 e. The van der Waals surface area contributed by atoms with Crippen LogP contribution in [-0.2, 0) is 19.6 Å². The van der Waals surface area contributed by atoms with Gasteiger partial charge in [-0.1, -0.05) is 17.7 Å². The van der Waals surface area contributed by atoms with E-state index in [4.69, 9.17) is 5.11 Å². The normalized spacial score (nSPS) is 18.4. The molecule has 1 amide bonds. The van der Waals surface area contributed by atoms with E-state index in [1.165, 1.54) is 18.3 Å². The standard InChI is InChI=1S/C13H14N2O5S/c1-9-2-4-10(5-3-9)21(19,20)15-7-6-14-13(18)11(15)8-12(16)17/h2-7,11H,8H2,1H3,(H,14,18)(H,16,17). The Morgan fingerprint density at radius 1 is 1.33 bits per heavy atom. The first-order chi connectivity index (χ1) is 9.82. The monoisotopic (exact) mass is 310 g/mol. The molecule has 8 heteroatoms. The summed E-state index contributed by atoms with van der Waals surface area (Å²) in [6, 6.07) is 4.80. The average molecular weight is 310 g/mol. The Kier molecular flexibility index (Phi) is 3.99. The third-order valence-corrected chi connectivity index (χ3v) is 4.82. The lowest BCUT2D eigenvalue weighted by atomic mass is 10.2. The molecule has 0 radical (unpaired) electrons. The highest BCUT2D eigenvalue weighted by molar-refractivity contribution is 7.89. The van der Waals surface area contributed by atoms with Gasteiger partial charge in [-0.3, -0.25) is 13.9 Å². The van der Waals surface area contributed by atoms with Crippen molar-refractivity contribution in [3.8, 4) is 0 Å². The van der Waals surface area contributed by atoms with Gasteiger partial charge >= 0.3 is 5.97 Å². The van der Waals surface area contributed by atoms with Crippen LogP contribution in [0.2, 0.25) is 0 Å². The number of sulfonamides is 1. The summed E-state index contributed by atoms with van der Waals surface area (Å²) in [5, 5.41) is 11.2. The minimum atomic E-state index is -3.98. The molecule has 1 aromatic rings. The molecule has 112 valence electrons. The maximum atomic E-state index is 12.5. The van der Waals surface area contributed by atoms with Crippen molar-refractivity contribution in [2.75, 3.05) is 0 Å². The fourth-order valence-corrected chi connectivity index (χ4v) is 3.39. The second kappa shape index (κ2) is 5.57. The molecule has 1 aromatic carbocycles. The topological polar surface area (TPSA) is 104 Å². The van der Waals surface area contributed by atoms with Crippen LogP contribution in [0.5, 0.6) is 0 Å². The van der Waals surface area contributed by atoms with Gasteiger partial charge in [0.25, 0.3) is 10.0 Å². The zero-order valence-corrected chi connectivity index (χ0v) is 12.0. The van der Waals surface area contributed by atoms with Gasteiger partial charge in [-0.05, 0) is 19.1 Å². The molecular formula is C13H14N2O5S. The van der Waals surface area contributed by atoms with E-state index in [-0.39, 0.29) is 4.90 Å². The number of aryl methyl sites for hydroxylation is 1. The minimum absolute atomic E-state index is 0.00263. The molecule has 2 rings (SSSR count). The number of benzene rings is 1. The lowest BCUT2D eigenvalue weighted by Crippen LogP contribution is -2.49. The third-order valence-electron chi connectivity index (χ3n) is 3.02. The summed E-state index contributed by atoms with van der Waals surface area (Å²) in [5.74, 6) is -1.93. The molecule has 2 N–H and O–H groups in total. The van der Waals surface area contributed by atoms with E-state index in [0.29, 0.717) is 0 Å². The Balaban J connectivity index is 2.43. The molecule has 0 aromatic heterocycles. The molecule has 1 aliphatic rings. The highest BCUT2D eigenvalue weighted by Crippen LogP contribution is 2.22. The molecule has 0 saturated heterocycles. The largest absolute Gasteiger partial charge is 0.481 e. The number of carboxylic acid groups (broad SMARTS) is 1. The summed E-state index contributed by atoms with van der Waals surface area (Å²) in [6.07, 6.45) is 1.72. The maximum absolute atomic E-state index is 12.5. The number of carboxylic acids is 1. The number of nitrogens with one attached hydrogen (secondary N) is 1. The van der Waals surface area contributed by atoms with Crippen molar-refractivity contribution in [3.63, 3.8) is 0 Å². The quantitative estimate of drug-likeness (QED) is 0.839. The first kappa shape index (κ1) is 15.0. The molecule has 7 nitrogen and oxygen atoms in total. The third kappa shape index (κ3) is 3.05. The van der Waals surface area contributed by atoms with Crippen LogP contribution in [0.3, 0.4) is 0 Å². The zero-order chi connectivity index (χ0) is 15.6. The lowest BCUT2D eigenvalue weighted by Gasteiger charge is -2.30. The van der Waals surface area contributed by atoms with E-state index in [9.17, 15) is 18.0 Å². The second-order valence-corrected chi connectivity index (χ2v) is 6.43. The Labute approximate surface area is 121 Å². The summed E-state index contributed by atoms with van der Waals surface area (Å²) in [5.41, 5.74) is 0.892. The van der Waals surface area contributed by atoms with Gasteiger partial charge in [-0.2, -0.15) is 0 Å². The van der Waals surface area contributed by atoms with Crippen LogP contribution in [0.1, 0.15) is 12.0 Å². The molecule has 1 aliphatic heterocycles. The number of amides is 1. The number of aliphatic carboxylic acids is 1. The predicted molar refractivity (Wildman–Crippen MR) is 73.5 cm³/mol. The van der Waals surface area contributed by atoms with Crippen LogP contribution >= 0.6 is 0 Å². The van der Waals surface area contributed by atoms with Gasteiger partial charge in [0.05, 0.1) is 11.3 Å². The van der Waals surface area contributed by atoms with Crippen LogP contribution in [0, 0.1) is 6.92 Å². The summed E-state index contributed by atoms with van der Waals surface area (Å²) < 4.78 is 25.9. The summed E-state index contributed by atoms with van der Waals surface area (Å²) in [4.78, 5) is 22.6. The number of carbonyl (C=O) groups is 2. The van der Waals surface area contributed by atoms with Crippen molar-refractivity contribution in [1.29, 1.82) is 0 Å². The van der Waals surface area contributed by atoms with E-state index < -0.39 is 34.4 Å². The summed E-state index contributed by atoms with van der Waals surface area (Å²) in [7, 11) is -3.98. The van der Waals surface area contributed by atoms with E-state index >= 15 is 0 Å². The van der Waals surface area contributed by atoms with Crippen molar-refractivity contribution in [1.82, 2.24) is 9.62 Å². The number of rotatable bonds is 4. The maximum Gasteiger partial charge on any atom is 0.306 e. The van der Waals surface area contributed by atoms with Gasteiger partial charge in [0.2, 0.25) is 5.91 Å². The Bertz CT molecular complexity index is 694. The molecule has 1 atom stereocenters. The Hall–Kier alpha value is -2.35. The Morgan fingerprint density at radius 3 is 2.52 bits per heavy atom. The predicted octanol–water partition coefficient (Wildman–Crippen LogP) is 0.430. The van der Waals surface area contributed by atoms with Crippen LogP contribution < -0.4 is 5.32 Å². The van der Waals surface area contributed by atoms with E-state index in [1.54, 1.807) is 12.1 Å². The molecule has 1 heterocycles. The van der Waals surface area contributed by atoms with Crippen molar-refractivity contribution >= 4 is 21.9 Å². The molecular weight excluding hydrogens is 296 g/mol. The van der Waals surface area contributed by atoms with Crippen molar-refractivity contribution < 1.29 is 23.1 Å². The van der Waals surface area contributed by atoms with Crippen LogP contribution in [0.15, 0.2) is 41.6 Å². The van der Waals surface area contributed by atoms with Gasteiger partial charge in [-0.15, -0.1) is 0 Å². The molecule has 0 aliphatic carbocycles. The minimum Gasteiger partial charge on any atom is -0.481 e. The summed E-state index contributed by atoms with van der Waals surface area (Å²) >= 11 is 0. The van der Waals surface area contributed by atoms with Crippen molar-refractivity contribution in [3.05, 3.63) is 42.2 Å². The van der Waals surface area contributed by atoms with Gasteiger partial charge in [0.1, 0.15) is 6.04 Å². The van der Waals surface area contributed by atoms with Crippen molar-refractivity contribution in [2.45, 2.75) is 24.3 Å². The number of nitrogens with zero attached hydrogens (tertiary/aromatic N) is 1. The van der Waals surface area contributed by atoms with E-state index in [1.807, 2.05) is 6.92 Å². The van der Waals surface area contributed by atoms with Gasteiger partial charge < -0.3 is 10.4 Å². The molecule has 1 unspecified atom stereocenters. The van der Waals surface area contributed by atoms with Gasteiger partial charge in [0.15, 0.2) is 0 Å². The number of carbonyl (C=O) groups excluding carboxylic acids is 1. The van der Waals surface area contributed by atoms with Gasteiger partial charge in [-0.25, -0.2) is 8.42 Å². The highest BCUT2D eigenvalue weighted by Gasteiger charge is 2.36. The summed E-state index contributed by atoms with van der Waals surface area (Å²) in [6.45, 7) is 1.82. The van der Waals surface area contributed by atoms with E-state index in [0.717, 1.165) is 16.1 Å². The first-order valence-electron chi connectivity index (χ1n) is 6.11. The number of hydrogen-bond donors (Lipinski definition) is 2. The van der Waals surface area contributed by atoms with Crippen LogP contribution in [-0.4, -0.2) is 35.7 Å². The van der Waals surface area contributed by atoms with Crippen LogP contribution in [0.4, 0.5) is 0 Å². The van der Waals surface area contributed by atoms with Crippen molar-refractivity contribution in [2.24, 2.45) is 0 Å². The van der Waals surface area contributed by atoms with Gasteiger partial charge in [0, 0.05) is 12.4 Å². The second-order valence-electron chi connectivity index (χ2n) is 4.59. The molecule has 21 heavy (non-hydrogen) atoms. The number of hydrogen-bond acceptors (Lipinski definition) is 4. The first-order valence-corrected chi connectivity index (χ1v) is 7.55. The Morgan fingerprint density at radius 2 is 1.95 bits per heavy atom. The average Bonchev–Trinajstić information content (AvgIpc) is 2.41. The molecule has 0 spiro atoms. The molecule has 0 fully saturated rings. The lowest BCUT2D eigenvalue weighted by molar-refractivity contribution is -0.140. The van der Waals surface area contributed by atoms with Crippen LogP contribution in [0.25, 0.3) is 0 Å². The molecule has 0 saturated carbocycles. The zero-order valence-electron chi connectivity index (χ0n) is 11.2. The highest BCUT2D eigenvalue weighted by atomic mass is 32.2. The fraction of sp³-hybridized carbons (Fsp3) is 0.231. The van der Waals surface area contributed by atoms with E-state index in [2.05, 4.69) is 5.32 Å². The fourth-order valence-electron chi connectivity index (χ4n) is 1.94. The SMILES string of the molecule is Cc1ccc(S(=O)(=O)N2C=CNC(=O)C2CC(=O)O)cc1. The molecule has 0 bridgehead atoms.